The Bertz CT molecular complexity index is 430. The van der Waals surface area contributed by atoms with E-state index in [9.17, 15) is 12.9 Å². The van der Waals surface area contributed by atoms with Crippen LogP contribution in [-0.2, 0) is 5.41 Å². The van der Waals surface area contributed by atoms with E-state index in [2.05, 4.69) is 0 Å². The summed E-state index contributed by atoms with van der Waals surface area (Å²) in [7, 11) is 0. The second-order valence-corrected chi connectivity index (χ2v) is 5.56. The van der Waals surface area contributed by atoms with Crippen molar-refractivity contribution in [3.63, 3.8) is 0 Å². The van der Waals surface area contributed by atoms with Gasteiger partial charge in [0.2, 0.25) is 0 Å². The smallest absolute Gasteiger partial charge is 0.449 e. The standard InChI is InChI=1S/C12H13BF3/c1-9-4-2-3-5-10(9)11-6-12(7-11,8-11)13(14,15)16/h2-5H,6-8H2,1H3/q-1. The van der Waals surface area contributed by atoms with Gasteiger partial charge in [-0.1, -0.05) is 48.8 Å². The Kier molecular flexibility index (Phi) is 1.70. The highest BCUT2D eigenvalue weighted by Crippen LogP contribution is 2.82. The summed E-state index contributed by atoms with van der Waals surface area (Å²) in [6.45, 7) is -2.66. The largest absolute Gasteiger partial charge is 0.484 e. The lowest BCUT2D eigenvalue weighted by Gasteiger charge is -2.75. The first kappa shape index (κ1) is 10.2. The molecule has 4 heteroatoms. The molecule has 1 aromatic carbocycles. The number of halogens is 3. The van der Waals surface area contributed by atoms with Crippen LogP contribution in [0, 0.1) is 6.92 Å². The van der Waals surface area contributed by atoms with Gasteiger partial charge in [-0.3, -0.25) is 0 Å². The van der Waals surface area contributed by atoms with Crippen molar-refractivity contribution in [1.29, 1.82) is 0 Å². The summed E-state index contributed by atoms with van der Waals surface area (Å²) in [5, 5.41) is -1.28. The van der Waals surface area contributed by atoms with E-state index in [0.717, 1.165) is 11.1 Å². The fraction of sp³-hybridized carbons (Fsp3) is 0.500. The molecule has 2 bridgehead atoms. The molecule has 0 radical (unpaired) electrons. The molecule has 0 spiro atoms. The van der Waals surface area contributed by atoms with Gasteiger partial charge in [0.1, 0.15) is 0 Å². The van der Waals surface area contributed by atoms with Crippen LogP contribution in [-0.4, -0.2) is 6.98 Å². The highest BCUT2D eigenvalue weighted by molar-refractivity contribution is 6.63. The Morgan fingerprint density at radius 1 is 1.06 bits per heavy atom. The second kappa shape index (κ2) is 2.66. The normalized spacial score (nSPS) is 36.5. The molecule has 0 heterocycles. The highest BCUT2D eigenvalue weighted by Gasteiger charge is 2.74. The van der Waals surface area contributed by atoms with Crippen molar-refractivity contribution in [2.75, 3.05) is 0 Å². The van der Waals surface area contributed by atoms with Crippen LogP contribution in [0.25, 0.3) is 0 Å². The van der Waals surface area contributed by atoms with E-state index < -0.39 is 12.3 Å². The van der Waals surface area contributed by atoms with E-state index in [-0.39, 0.29) is 5.41 Å². The van der Waals surface area contributed by atoms with Gasteiger partial charge in [-0.15, -0.1) is 0 Å². The molecule has 3 aliphatic carbocycles. The minimum atomic E-state index is -4.64. The zero-order valence-corrected chi connectivity index (χ0v) is 9.14. The zero-order valence-electron chi connectivity index (χ0n) is 9.14. The van der Waals surface area contributed by atoms with Crippen molar-refractivity contribution in [3.05, 3.63) is 35.4 Å². The summed E-state index contributed by atoms with van der Waals surface area (Å²) < 4.78 is 38.3. The van der Waals surface area contributed by atoms with Crippen molar-refractivity contribution in [3.8, 4) is 0 Å². The molecule has 0 unspecified atom stereocenters. The third-order valence-electron chi connectivity index (χ3n) is 4.48. The van der Waals surface area contributed by atoms with Gasteiger partial charge in [-0.05, 0) is 23.5 Å². The lowest BCUT2D eigenvalue weighted by molar-refractivity contribution is -0.0404. The van der Waals surface area contributed by atoms with Crippen molar-refractivity contribution < 1.29 is 12.9 Å². The maximum atomic E-state index is 12.8. The Labute approximate surface area is 92.9 Å². The first-order chi connectivity index (χ1) is 7.39. The number of hydrogen-bond donors (Lipinski definition) is 0. The van der Waals surface area contributed by atoms with Crippen LogP contribution >= 0.6 is 0 Å². The van der Waals surface area contributed by atoms with E-state index >= 15 is 0 Å². The molecule has 86 valence electrons. The molecule has 0 N–H and O–H groups in total. The monoisotopic (exact) mass is 225 g/mol. The molecular weight excluding hydrogens is 212 g/mol. The van der Waals surface area contributed by atoms with Crippen LogP contribution < -0.4 is 0 Å². The van der Waals surface area contributed by atoms with Crippen LogP contribution in [0.3, 0.4) is 0 Å². The molecule has 0 nitrogen and oxygen atoms in total. The fourth-order valence-corrected chi connectivity index (χ4v) is 3.67. The fourth-order valence-electron chi connectivity index (χ4n) is 3.67. The summed E-state index contributed by atoms with van der Waals surface area (Å²) >= 11 is 0. The minimum absolute atomic E-state index is 0.136. The molecule has 0 aromatic heterocycles. The Morgan fingerprint density at radius 2 is 1.62 bits per heavy atom. The highest BCUT2D eigenvalue weighted by atomic mass is 19.4. The lowest BCUT2D eigenvalue weighted by atomic mass is 9.23. The van der Waals surface area contributed by atoms with Crippen molar-refractivity contribution in [2.24, 2.45) is 0 Å². The quantitative estimate of drug-likeness (QED) is 0.666. The zero-order chi connectivity index (χ0) is 11.6. The summed E-state index contributed by atoms with van der Waals surface area (Å²) in [5.74, 6) is 0. The minimum Gasteiger partial charge on any atom is -0.449 e. The van der Waals surface area contributed by atoms with Crippen LogP contribution in [0.15, 0.2) is 24.3 Å². The van der Waals surface area contributed by atoms with Gasteiger partial charge in [0.25, 0.3) is 0 Å². The first-order valence-electron chi connectivity index (χ1n) is 5.64. The lowest BCUT2D eigenvalue weighted by Crippen LogP contribution is -2.67. The van der Waals surface area contributed by atoms with E-state index in [1.165, 1.54) is 0 Å². The van der Waals surface area contributed by atoms with Gasteiger partial charge in [0.15, 0.2) is 0 Å². The molecular formula is C12H13BF3-. The van der Waals surface area contributed by atoms with Crippen LogP contribution in [0.2, 0.25) is 5.31 Å². The summed E-state index contributed by atoms with van der Waals surface area (Å²) in [6.07, 6.45) is 0.983. The first-order valence-corrected chi connectivity index (χ1v) is 5.64. The van der Waals surface area contributed by atoms with Crippen molar-refractivity contribution in [2.45, 2.75) is 36.9 Å². The average Bonchev–Trinajstić information content (AvgIpc) is 2.00. The SMILES string of the molecule is Cc1ccccc1C12CC([B-](F)(F)F)(C1)C2. The van der Waals surface area contributed by atoms with E-state index in [1.54, 1.807) is 0 Å². The van der Waals surface area contributed by atoms with Crippen LogP contribution in [0.4, 0.5) is 12.9 Å². The molecule has 3 fully saturated rings. The van der Waals surface area contributed by atoms with E-state index in [1.807, 2.05) is 31.2 Å². The van der Waals surface area contributed by atoms with E-state index in [4.69, 9.17) is 0 Å². The summed E-state index contributed by atoms with van der Waals surface area (Å²) in [4.78, 5) is 0. The van der Waals surface area contributed by atoms with Crippen molar-refractivity contribution >= 4 is 6.98 Å². The van der Waals surface area contributed by atoms with Crippen LogP contribution in [0.1, 0.15) is 30.4 Å². The molecule has 3 saturated carbocycles. The number of hydrogen-bond acceptors (Lipinski definition) is 0. The van der Waals surface area contributed by atoms with Gasteiger partial charge in [0.05, 0.1) is 0 Å². The van der Waals surface area contributed by atoms with Gasteiger partial charge in [-0.25, -0.2) is 0 Å². The predicted molar refractivity (Wildman–Crippen MR) is 58.5 cm³/mol. The van der Waals surface area contributed by atoms with Gasteiger partial charge < -0.3 is 12.9 Å². The Balaban J connectivity index is 1.87. The maximum Gasteiger partial charge on any atom is 0.484 e. The number of rotatable bonds is 2. The molecule has 0 saturated heterocycles. The second-order valence-electron chi connectivity index (χ2n) is 5.56. The molecule has 16 heavy (non-hydrogen) atoms. The maximum absolute atomic E-state index is 12.8. The van der Waals surface area contributed by atoms with Crippen LogP contribution in [0.5, 0.6) is 0 Å². The topological polar surface area (TPSA) is 0 Å². The molecule has 1 aromatic rings. The van der Waals surface area contributed by atoms with Gasteiger partial charge >= 0.3 is 6.98 Å². The van der Waals surface area contributed by atoms with E-state index in [0.29, 0.717) is 19.3 Å². The summed E-state index contributed by atoms with van der Waals surface area (Å²) in [5.41, 5.74) is 2.13. The third-order valence-corrected chi connectivity index (χ3v) is 4.48. The summed E-state index contributed by atoms with van der Waals surface area (Å²) in [6, 6.07) is 7.84. The molecule has 3 aliphatic rings. The third kappa shape index (κ3) is 1.03. The molecule has 4 rings (SSSR count). The molecule has 0 amide bonds. The predicted octanol–water partition coefficient (Wildman–Crippen LogP) is 4.02. The van der Waals surface area contributed by atoms with Gasteiger partial charge in [-0.2, -0.15) is 0 Å². The Morgan fingerprint density at radius 3 is 2.12 bits per heavy atom. The number of benzene rings is 1. The Hall–Kier alpha value is -0.925. The molecule has 0 atom stereocenters. The average molecular weight is 225 g/mol. The van der Waals surface area contributed by atoms with Crippen molar-refractivity contribution in [1.82, 2.24) is 0 Å². The number of aryl methyl sites for hydroxylation is 1. The molecule has 0 aliphatic heterocycles. The van der Waals surface area contributed by atoms with Gasteiger partial charge in [0, 0.05) is 0 Å².